The number of benzene rings is 3. The summed E-state index contributed by atoms with van der Waals surface area (Å²) in [6, 6.07) is 19.5. The molecular formula is C28H27N3O4. The molecule has 3 aromatic carbocycles. The maximum Gasteiger partial charge on any atom is 0.305 e. The van der Waals surface area contributed by atoms with Gasteiger partial charge in [-0.25, -0.2) is 0 Å². The maximum atomic E-state index is 13.2. The van der Waals surface area contributed by atoms with Crippen molar-refractivity contribution in [1.29, 1.82) is 5.41 Å². The number of nitrogens with two attached hydrogens (primary N) is 1. The number of aryl methyl sites for hydroxylation is 2. The highest BCUT2D eigenvalue weighted by Gasteiger charge is 2.21. The van der Waals surface area contributed by atoms with Crippen LogP contribution in [0.4, 0.5) is 5.69 Å². The normalized spacial score (nSPS) is 10.1. The van der Waals surface area contributed by atoms with Crippen molar-refractivity contribution in [3.63, 3.8) is 0 Å². The number of nitrogen functional groups attached to an aromatic ring is 1. The van der Waals surface area contributed by atoms with Crippen LogP contribution in [0, 0.1) is 31.1 Å². The topological polar surface area (TPSA) is 117 Å². The van der Waals surface area contributed by atoms with Gasteiger partial charge in [-0.2, -0.15) is 0 Å². The monoisotopic (exact) mass is 469 g/mol. The Labute approximate surface area is 204 Å². The third-order valence-corrected chi connectivity index (χ3v) is 5.35. The molecule has 0 aliphatic heterocycles. The van der Waals surface area contributed by atoms with Crippen LogP contribution in [-0.4, -0.2) is 36.0 Å². The molecule has 3 rings (SSSR count). The molecule has 0 saturated carbocycles. The summed E-state index contributed by atoms with van der Waals surface area (Å²) < 4.78 is 5.64. The molecule has 0 aliphatic carbocycles. The number of carbonyl (C=O) groups is 2. The summed E-state index contributed by atoms with van der Waals surface area (Å²) in [4.78, 5) is 25.9. The number of hydrogen-bond donors (Lipinski definition) is 3. The van der Waals surface area contributed by atoms with Crippen molar-refractivity contribution in [2.24, 2.45) is 5.73 Å². The van der Waals surface area contributed by atoms with Gasteiger partial charge in [-0.15, -0.1) is 0 Å². The van der Waals surface area contributed by atoms with E-state index >= 15 is 0 Å². The fraction of sp³-hybridized carbons (Fsp3) is 0.179. The van der Waals surface area contributed by atoms with E-state index in [-0.39, 0.29) is 31.3 Å². The number of carboxylic acid groups (broad SMARTS) is 1. The summed E-state index contributed by atoms with van der Waals surface area (Å²) >= 11 is 0. The number of carbonyl (C=O) groups excluding carboxylic acids is 1. The highest BCUT2D eigenvalue weighted by Crippen LogP contribution is 2.26. The number of nitrogens with one attached hydrogen (secondary N) is 1. The Balaban J connectivity index is 1.78. The van der Waals surface area contributed by atoms with E-state index in [0.717, 1.165) is 16.7 Å². The van der Waals surface area contributed by atoms with Gasteiger partial charge in [0.25, 0.3) is 5.91 Å². The molecule has 7 nitrogen and oxygen atoms in total. The smallest absolute Gasteiger partial charge is 0.305 e. The Hall–Kier alpha value is -4.57. The van der Waals surface area contributed by atoms with Crippen LogP contribution in [0.1, 0.15) is 39.0 Å². The van der Waals surface area contributed by atoms with E-state index in [4.69, 9.17) is 15.9 Å². The molecule has 0 atom stereocenters. The first-order chi connectivity index (χ1) is 16.8. The largest absolute Gasteiger partial charge is 0.481 e. The molecule has 7 heteroatoms. The second kappa shape index (κ2) is 11.5. The fourth-order valence-electron chi connectivity index (χ4n) is 3.48. The van der Waals surface area contributed by atoms with Crippen molar-refractivity contribution in [3.8, 4) is 17.6 Å². The van der Waals surface area contributed by atoms with Crippen molar-refractivity contribution in [2.75, 3.05) is 18.1 Å². The molecule has 0 bridgehead atoms. The Bertz CT molecular complexity index is 1290. The van der Waals surface area contributed by atoms with Gasteiger partial charge in [-0.1, -0.05) is 30.0 Å². The van der Waals surface area contributed by atoms with Crippen LogP contribution < -0.4 is 15.4 Å². The molecule has 0 unspecified atom stereocenters. The number of rotatable bonds is 8. The van der Waals surface area contributed by atoms with E-state index in [2.05, 4.69) is 11.8 Å². The van der Waals surface area contributed by atoms with Crippen LogP contribution in [0.15, 0.2) is 66.7 Å². The molecule has 0 radical (unpaired) electrons. The number of amidine groups is 1. The van der Waals surface area contributed by atoms with Gasteiger partial charge in [0, 0.05) is 28.9 Å². The van der Waals surface area contributed by atoms with Gasteiger partial charge in [0.15, 0.2) is 0 Å². The lowest BCUT2D eigenvalue weighted by atomic mass is 10.0. The first-order valence-electron chi connectivity index (χ1n) is 11.0. The second-order valence-electron chi connectivity index (χ2n) is 7.95. The highest BCUT2D eigenvalue weighted by atomic mass is 16.5. The van der Waals surface area contributed by atoms with Crippen LogP contribution in [0.5, 0.6) is 5.75 Å². The molecule has 0 spiro atoms. The van der Waals surface area contributed by atoms with E-state index < -0.39 is 5.97 Å². The lowest BCUT2D eigenvalue weighted by Crippen LogP contribution is -2.33. The fourth-order valence-corrected chi connectivity index (χ4v) is 3.48. The zero-order valence-corrected chi connectivity index (χ0v) is 19.7. The first kappa shape index (κ1) is 25.1. The molecule has 0 saturated heterocycles. The average molecular weight is 470 g/mol. The van der Waals surface area contributed by atoms with Gasteiger partial charge in [-0.05, 0) is 73.5 Å². The van der Waals surface area contributed by atoms with Gasteiger partial charge in [0.2, 0.25) is 0 Å². The molecule has 178 valence electrons. The quantitative estimate of drug-likeness (QED) is 0.260. The molecule has 35 heavy (non-hydrogen) atoms. The number of carboxylic acids is 1. The number of ether oxygens (including phenoxy) is 1. The lowest BCUT2D eigenvalue weighted by molar-refractivity contribution is -0.136. The Morgan fingerprint density at radius 1 is 1.00 bits per heavy atom. The van der Waals surface area contributed by atoms with E-state index in [1.807, 2.05) is 32.0 Å². The number of nitrogens with zero attached hydrogens (tertiary/aromatic N) is 1. The molecule has 3 aromatic rings. The zero-order chi connectivity index (χ0) is 25.4. The van der Waals surface area contributed by atoms with Crippen LogP contribution in [0.3, 0.4) is 0 Å². The van der Waals surface area contributed by atoms with Gasteiger partial charge < -0.3 is 20.5 Å². The Morgan fingerprint density at radius 3 is 2.31 bits per heavy atom. The van der Waals surface area contributed by atoms with E-state index in [9.17, 15) is 14.7 Å². The highest BCUT2D eigenvalue weighted by molar-refractivity contribution is 6.06. The number of aliphatic carboxylic acids is 1. The third kappa shape index (κ3) is 6.71. The van der Waals surface area contributed by atoms with Crippen molar-refractivity contribution in [2.45, 2.75) is 20.3 Å². The first-order valence-corrected chi connectivity index (χ1v) is 11.0. The minimum atomic E-state index is -0.969. The van der Waals surface area contributed by atoms with Gasteiger partial charge >= 0.3 is 5.97 Å². The zero-order valence-electron chi connectivity index (χ0n) is 19.7. The standard InChI is InChI=1S/C28H27N3O4/c1-19-18-25(31(15-14-26(32)33)28(34)22-7-4-3-5-8-22)20(2)17-23(19)9-6-16-35-24-12-10-21(11-13-24)27(29)30/h3-5,7-8,10-13,17-18H,14-16H2,1-2H3,(H3,29,30)(H,32,33). The maximum absolute atomic E-state index is 13.2. The van der Waals surface area contributed by atoms with Crippen LogP contribution in [0.25, 0.3) is 0 Å². The summed E-state index contributed by atoms with van der Waals surface area (Å²) in [5.74, 6) is 5.50. The van der Waals surface area contributed by atoms with Crippen LogP contribution >= 0.6 is 0 Å². The minimum Gasteiger partial charge on any atom is -0.481 e. The molecule has 0 aliphatic rings. The van der Waals surface area contributed by atoms with E-state index in [1.54, 1.807) is 48.5 Å². The molecule has 0 aromatic heterocycles. The SMILES string of the molecule is Cc1cc(N(CCC(=O)O)C(=O)c2ccccc2)c(C)cc1C#CCOc1ccc(C(=N)N)cc1. The molecule has 4 N–H and O–H groups in total. The van der Waals surface area contributed by atoms with E-state index in [1.165, 1.54) is 4.90 Å². The summed E-state index contributed by atoms with van der Waals surface area (Å²) in [5, 5.41) is 16.6. The van der Waals surface area contributed by atoms with Crippen molar-refractivity contribution >= 4 is 23.4 Å². The van der Waals surface area contributed by atoms with Crippen molar-refractivity contribution < 1.29 is 19.4 Å². The summed E-state index contributed by atoms with van der Waals surface area (Å²) in [7, 11) is 0. The van der Waals surface area contributed by atoms with E-state index in [0.29, 0.717) is 22.6 Å². The Kier molecular flexibility index (Phi) is 8.25. The minimum absolute atomic E-state index is 0.00220. The third-order valence-electron chi connectivity index (χ3n) is 5.35. The van der Waals surface area contributed by atoms with Gasteiger partial charge in [0.1, 0.15) is 18.2 Å². The molecule has 0 fully saturated rings. The molecule has 1 amide bonds. The predicted molar refractivity (Wildman–Crippen MR) is 136 cm³/mol. The van der Waals surface area contributed by atoms with Crippen molar-refractivity contribution in [1.82, 2.24) is 0 Å². The second-order valence-corrected chi connectivity index (χ2v) is 7.95. The number of hydrogen-bond acceptors (Lipinski definition) is 4. The summed E-state index contributed by atoms with van der Waals surface area (Å²) in [6.07, 6.45) is -0.163. The molecule has 0 heterocycles. The predicted octanol–water partition coefficient (Wildman–Crippen LogP) is 4.14. The summed E-state index contributed by atoms with van der Waals surface area (Å²) in [5.41, 5.74) is 9.71. The Morgan fingerprint density at radius 2 is 1.69 bits per heavy atom. The van der Waals surface area contributed by atoms with Crippen LogP contribution in [0.2, 0.25) is 0 Å². The van der Waals surface area contributed by atoms with Gasteiger partial charge in [-0.3, -0.25) is 15.0 Å². The molecular weight excluding hydrogens is 442 g/mol. The average Bonchev–Trinajstić information content (AvgIpc) is 2.84. The lowest BCUT2D eigenvalue weighted by Gasteiger charge is -2.25. The van der Waals surface area contributed by atoms with Crippen LogP contribution in [-0.2, 0) is 4.79 Å². The number of amides is 1. The van der Waals surface area contributed by atoms with Gasteiger partial charge in [0.05, 0.1) is 6.42 Å². The van der Waals surface area contributed by atoms with Crippen molar-refractivity contribution in [3.05, 3.63) is 94.5 Å². The summed E-state index contributed by atoms with van der Waals surface area (Å²) in [6.45, 7) is 4.01. The number of anilines is 1.